The van der Waals surface area contributed by atoms with Crippen molar-refractivity contribution in [2.75, 3.05) is 26.2 Å². The molecule has 1 N–H and O–H groups in total. The van der Waals surface area contributed by atoms with Crippen molar-refractivity contribution in [2.24, 2.45) is 7.05 Å². The first kappa shape index (κ1) is 14.3. The van der Waals surface area contributed by atoms with Crippen LogP contribution in [0.2, 0.25) is 5.15 Å². The second kappa shape index (κ2) is 5.64. The molecule has 1 aromatic heterocycles. The summed E-state index contributed by atoms with van der Waals surface area (Å²) in [5.74, 6) is 0.391. The third-order valence-corrected chi connectivity index (χ3v) is 4.79. The van der Waals surface area contributed by atoms with Crippen LogP contribution in [0.4, 0.5) is 0 Å². The normalized spacial score (nSPS) is 27.2. The van der Waals surface area contributed by atoms with Gasteiger partial charge in [0.1, 0.15) is 5.15 Å². The van der Waals surface area contributed by atoms with Crippen LogP contribution < -0.4 is 5.32 Å². The summed E-state index contributed by atoms with van der Waals surface area (Å²) in [6.07, 6.45) is 0.321. The molecule has 1 aromatic rings. The molecule has 2 atom stereocenters. The summed E-state index contributed by atoms with van der Waals surface area (Å²) in [5.41, 5.74) is 2.29. The van der Waals surface area contributed by atoms with Crippen LogP contribution in [0.15, 0.2) is 0 Å². The number of fused-ring (bicyclic) bond motifs is 1. The lowest BCUT2D eigenvalue weighted by molar-refractivity contribution is -0.0501. The van der Waals surface area contributed by atoms with E-state index in [1.54, 1.807) is 4.68 Å². The van der Waals surface area contributed by atoms with E-state index in [2.05, 4.69) is 29.2 Å². The molecule has 2 aliphatic rings. The lowest BCUT2D eigenvalue weighted by atomic mass is 10.0. The van der Waals surface area contributed by atoms with E-state index in [-0.39, 0.29) is 0 Å². The van der Waals surface area contributed by atoms with Gasteiger partial charge in [-0.2, -0.15) is 5.10 Å². The highest BCUT2D eigenvalue weighted by Gasteiger charge is 2.36. The first-order chi connectivity index (χ1) is 9.58. The van der Waals surface area contributed by atoms with Crippen LogP contribution in [0.3, 0.4) is 0 Å². The lowest BCUT2D eigenvalue weighted by Gasteiger charge is -2.37. The molecule has 3 heterocycles. The minimum absolute atomic E-state index is 0.321. The molecule has 0 spiro atoms. The highest BCUT2D eigenvalue weighted by Crippen LogP contribution is 2.29. The third kappa shape index (κ3) is 2.48. The molecule has 5 nitrogen and oxygen atoms in total. The zero-order chi connectivity index (χ0) is 14.3. The Balaban J connectivity index is 1.83. The van der Waals surface area contributed by atoms with E-state index in [9.17, 15) is 0 Å². The Bertz CT molecular complexity index is 488. The molecule has 3 rings (SSSR count). The maximum atomic E-state index is 6.45. The number of halogens is 1. The first-order valence-electron chi connectivity index (χ1n) is 7.35. The second-order valence-corrected chi connectivity index (χ2v) is 6.40. The van der Waals surface area contributed by atoms with Crippen LogP contribution in [0.25, 0.3) is 0 Å². The van der Waals surface area contributed by atoms with E-state index < -0.39 is 0 Å². The predicted molar refractivity (Wildman–Crippen MR) is 79.1 cm³/mol. The molecule has 0 unspecified atom stereocenters. The fourth-order valence-corrected chi connectivity index (χ4v) is 3.43. The quantitative estimate of drug-likeness (QED) is 0.915. The van der Waals surface area contributed by atoms with Gasteiger partial charge in [0.05, 0.1) is 18.4 Å². The summed E-state index contributed by atoms with van der Waals surface area (Å²) < 4.78 is 7.61. The van der Waals surface area contributed by atoms with Crippen LogP contribution in [0, 0.1) is 0 Å². The molecule has 0 saturated carbocycles. The number of hydrogen-bond acceptors (Lipinski definition) is 4. The molecule has 2 fully saturated rings. The van der Waals surface area contributed by atoms with E-state index in [0.717, 1.165) is 43.6 Å². The SMILES string of the molecule is CC(C)c1nn(C)c(Cl)c1CN1CCO[C@H]2CNC[C@H]21. The Kier molecular flexibility index (Phi) is 4.04. The number of hydrogen-bond donors (Lipinski definition) is 1. The number of ether oxygens (including phenoxy) is 1. The van der Waals surface area contributed by atoms with Crippen molar-refractivity contribution >= 4 is 11.6 Å². The zero-order valence-corrected chi connectivity index (χ0v) is 13.2. The van der Waals surface area contributed by atoms with Gasteiger partial charge in [-0.3, -0.25) is 9.58 Å². The molecule has 2 aliphatic heterocycles. The molecular weight excluding hydrogens is 276 g/mol. The number of rotatable bonds is 3. The molecule has 0 aromatic carbocycles. The van der Waals surface area contributed by atoms with Crippen molar-refractivity contribution in [2.45, 2.75) is 38.5 Å². The largest absolute Gasteiger partial charge is 0.374 e. The van der Waals surface area contributed by atoms with E-state index >= 15 is 0 Å². The van der Waals surface area contributed by atoms with Crippen LogP contribution in [-0.4, -0.2) is 53.1 Å². The van der Waals surface area contributed by atoms with Gasteiger partial charge in [-0.25, -0.2) is 0 Å². The Labute approximate surface area is 125 Å². The zero-order valence-electron chi connectivity index (χ0n) is 12.4. The molecule has 0 bridgehead atoms. The van der Waals surface area contributed by atoms with E-state index in [4.69, 9.17) is 16.3 Å². The minimum Gasteiger partial charge on any atom is -0.374 e. The molecular formula is C14H23ClN4O. The summed E-state index contributed by atoms with van der Waals surface area (Å²) in [6, 6.07) is 0.458. The highest BCUT2D eigenvalue weighted by atomic mass is 35.5. The third-order valence-electron chi connectivity index (χ3n) is 4.32. The van der Waals surface area contributed by atoms with Gasteiger partial charge in [-0.1, -0.05) is 25.4 Å². The molecule has 20 heavy (non-hydrogen) atoms. The smallest absolute Gasteiger partial charge is 0.131 e. The molecule has 2 saturated heterocycles. The van der Waals surface area contributed by atoms with Crippen LogP contribution in [-0.2, 0) is 18.3 Å². The van der Waals surface area contributed by atoms with E-state index in [0.29, 0.717) is 18.1 Å². The molecule has 0 amide bonds. The summed E-state index contributed by atoms with van der Waals surface area (Å²) in [7, 11) is 1.91. The van der Waals surface area contributed by atoms with Gasteiger partial charge >= 0.3 is 0 Å². The van der Waals surface area contributed by atoms with Crippen molar-refractivity contribution in [3.05, 3.63) is 16.4 Å². The monoisotopic (exact) mass is 298 g/mol. The summed E-state index contributed by atoms with van der Waals surface area (Å²) >= 11 is 6.45. The van der Waals surface area contributed by atoms with Crippen molar-refractivity contribution in [1.82, 2.24) is 20.0 Å². The maximum Gasteiger partial charge on any atom is 0.131 e. The Morgan fingerprint density at radius 1 is 1.45 bits per heavy atom. The predicted octanol–water partition coefficient (Wildman–Crippen LogP) is 1.37. The van der Waals surface area contributed by atoms with Gasteiger partial charge in [0.2, 0.25) is 0 Å². The van der Waals surface area contributed by atoms with Gasteiger partial charge in [0.15, 0.2) is 0 Å². The Morgan fingerprint density at radius 2 is 2.25 bits per heavy atom. The minimum atomic E-state index is 0.321. The lowest BCUT2D eigenvalue weighted by Crippen LogP contribution is -2.50. The van der Waals surface area contributed by atoms with Gasteiger partial charge in [0, 0.05) is 44.8 Å². The van der Waals surface area contributed by atoms with Crippen molar-refractivity contribution < 1.29 is 4.74 Å². The number of nitrogens with one attached hydrogen (secondary N) is 1. The Hall–Kier alpha value is -0.620. The van der Waals surface area contributed by atoms with Gasteiger partial charge < -0.3 is 10.1 Å². The van der Waals surface area contributed by atoms with Crippen LogP contribution in [0.1, 0.15) is 31.0 Å². The standard InChI is InChI=1S/C14H23ClN4O/c1-9(2)13-10(14(15)18(3)17-13)8-19-4-5-20-12-7-16-6-11(12)19/h9,11-12,16H,4-8H2,1-3H3/t11-,12+/m1/s1. The topological polar surface area (TPSA) is 42.3 Å². The summed E-state index contributed by atoms with van der Waals surface area (Å²) in [4.78, 5) is 2.49. The van der Waals surface area contributed by atoms with Crippen molar-refractivity contribution in [3.63, 3.8) is 0 Å². The highest BCUT2D eigenvalue weighted by molar-refractivity contribution is 6.30. The fraction of sp³-hybridized carbons (Fsp3) is 0.786. The number of nitrogens with zero attached hydrogens (tertiary/aromatic N) is 3. The number of aryl methyl sites for hydroxylation is 1. The van der Waals surface area contributed by atoms with Crippen LogP contribution >= 0.6 is 11.6 Å². The Morgan fingerprint density at radius 3 is 3.00 bits per heavy atom. The van der Waals surface area contributed by atoms with E-state index in [1.165, 1.54) is 5.56 Å². The molecule has 6 heteroatoms. The first-order valence-corrected chi connectivity index (χ1v) is 7.73. The summed E-state index contributed by atoms with van der Waals surface area (Å²) in [6.45, 7) is 8.93. The molecule has 0 aliphatic carbocycles. The van der Waals surface area contributed by atoms with Gasteiger partial charge in [-0.05, 0) is 5.92 Å². The number of aromatic nitrogens is 2. The average molecular weight is 299 g/mol. The van der Waals surface area contributed by atoms with Gasteiger partial charge in [0.25, 0.3) is 0 Å². The van der Waals surface area contributed by atoms with Gasteiger partial charge in [-0.15, -0.1) is 0 Å². The molecule has 112 valence electrons. The average Bonchev–Trinajstić information content (AvgIpc) is 2.99. The van der Waals surface area contributed by atoms with Crippen molar-refractivity contribution in [3.8, 4) is 0 Å². The van der Waals surface area contributed by atoms with E-state index in [1.807, 2.05) is 7.05 Å². The van der Waals surface area contributed by atoms with Crippen molar-refractivity contribution in [1.29, 1.82) is 0 Å². The maximum absolute atomic E-state index is 6.45. The summed E-state index contributed by atoms with van der Waals surface area (Å²) in [5, 5.41) is 8.76. The second-order valence-electron chi connectivity index (χ2n) is 6.04. The molecule has 0 radical (unpaired) electrons. The number of morpholine rings is 1. The van der Waals surface area contributed by atoms with Crippen LogP contribution in [0.5, 0.6) is 0 Å². The fourth-order valence-electron chi connectivity index (χ4n) is 3.24.